The summed E-state index contributed by atoms with van der Waals surface area (Å²) in [6.45, 7) is 4.79. The number of carbonyl (C=O) groups is 1. The van der Waals surface area contributed by atoms with Gasteiger partial charge in [0.1, 0.15) is 5.82 Å². The van der Waals surface area contributed by atoms with Gasteiger partial charge in [0.2, 0.25) is 0 Å². The zero-order valence-electron chi connectivity index (χ0n) is 13.8. The molecule has 0 aliphatic heterocycles. The summed E-state index contributed by atoms with van der Waals surface area (Å²) >= 11 is 6.06. The molecule has 0 aliphatic rings. The first-order valence-corrected chi connectivity index (χ1v) is 9.51. The molecule has 0 heterocycles. The Hall–Kier alpha value is -2.12. The number of amides is 1. The molecule has 25 heavy (non-hydrogen) atoms. The molecule has 2 aromatic rings. The number of nitrogens with zero attached hydrogens (tertiary/aromatic N) is 1. The molecule has 0 saturated carbocycles. The fraction of sp³-hybridized carbons (Fsp3) is 0.235. The van der Waals surface area contributed by atoms with Crippen molar-refractivity contribution in [3.05, 3.63) is 58.9 Å². The van der Waals surface area contributed by atoms with E-state index in [0.717, 1.165) is 24.3 Å². The molecule has 0 bridgehead atoms. The van der Waals surface area contributed by atoms with Crippen molar-refractivity contribution in [2.45, 2.75) is 18.7 Å². The zero-order valence-corrected chi connectivity index (χ0v) is 15.4. The molecule has 0 saturated heterocycles. The minimum absolute atomic E-state index is 0.0870. The second kappa shape index (κ2) is 7.84. The topological polar surface area (TPSA) is 66.5 Å². The lowest BCUT2D eigenvalue weighted by atomic mass is 10.1. The Morgan fingerprint density at radius 1 is 1.12 bits per heavy atom. The standard InChI is InChI=1S/C17H18ClFN2O3S/c1-3-21(4-2)17(22)12-5-10-15(18)16(11-12)20-25(23,24)14-8-6-13(19)7-9-14/h5-11,20H,3-4H2,1-2H3. The minimum atomic E-state index is -3.95. The van der Waals surface area contributed by atoms with E-state index < -0.39 is 15.8 Å². The SMILES string of the molecule is CCN(CC)C(=O)c1ccc(Cl)c(NS(=O)(=O)c2ccc(F)cc2)c1. The molecule has 0 unspecified atom stereocenters. The molecule has 0 radical (unpaired) electrons. The summed E-state index contributed by atoms with van der Waals surface area (Å²) in [5.41, 5.74) is 0.411. The number of nitrogens with one attached hydrogen (secondary N) is 1. The van der Waals surface area contributed by atoms with Crippen molar-refractivity contribution >= 4 is 33.2 Å². The lowest BCUT2D eigenvalue weighted by Crippen LogP contribution is -2.30. The van der Waals surface area contributed by atoms with Crippen LogP contribution in [0.5, 0.6) is 0 Å². The monoisotopic (exact) mass is 384 g/mol. The van der Waals surface area contributed by atoms with Gasteiger partial charge in [0.25, 0.3) is 15.9 Å². The third-order valence-corrected chi connectivity index (χ3v) is 5.34. The van der Waals surface area contributed by atoms with Crippen molar-refractivity contribution < 1.29 is 17.6 Å². The van der Waals surface area contributed by atoms with Gasteiger partial charge in [-0.25, -0.2) is 12.8 Å². The van der Waals surface area contributed by atoms with E-state index in [1.54, 1.807) is 11.0 Å². The average Bonchev–Trinajstić information content (AvgIpc) is 2.58. The van der Waals surface area contributed by atoms with E-state index in [-0.39, 0.29) is 21.5 Å². The molecular formula is C17H18ClFN2O3S. The van der Waals surface area contributed by atoms with Crippen LogP contribution in [0.3, 0.4) is 0 Å². The quantitative estimate of drug-likeness (QED) is 0.824. The minimum Gasteiger partial charge on any atom is -0.339 e. The van der Waals surface area contributed by atoms with Crippen molar-refractivity contribution in [1.82, 2.24) is 4.90 Å². The summed E-state index contributed by atoms with van der Waals surface area (Å²) in [5.74, 6) is -0.757. The molecule has 134 valence electrons. The number of rotatable bonds is 6. The fourth-order valence-corrected chi connectivity index (χ4v) is 3.54. The van der Waals surface area contributed by atoms with Gasteiger partial charge in [-0.3, -0.25) is 9.52 Å². The smallest absolute Gasteiger partial charge is 0.261 e. The summed E-state index contributed by atoms with van der Waals surface area (Å²) < 4.78 is 40.1. The van der Waals surface area contributed by atoms with Gasteiger partial charge in [0.15, 0.2) is 0 Å². The third kappa shape index (κ3) is 4.49. The lowest BCUT2D eigenvalue weighted by molar-refractivity contribution is 0.0773. The van der Waals surface area contributed by atoms with E-state index in [2.05, 4.69) is 4.72 Å². The van der Waals surface area contributed by atoms with E-state index in [9.17, 15) is 17.6 Å². The Balaban J connectivity index is 2.34. The van der Waals surface area contributed by atoms with E-state index in [4.69, 9.17) is 11.6 Å². The molecule has 8 heteroatoms. The van der Waals surface area contributed by atoms with Gasteiger partial charge in [-0.1, -0.05) is 11.6 Å². The van der Waals surface area contributed by atoms with Gasteiger partial charge in [-0.2, -0.15) is 0 Å². The van der Waals surface area contributed by atoms with Crippen molar-refractivity contribution in [3.8, 4) is 0 Å². The van der Waals surface area contributed by atoms with Crippen molar-refractivity contribution in [3.63, 3.8) is 0 Å². The zero-order chi connectivity index (χ0) is 18.6. The van der Waals surface area contributed by atoms with Gasteiger partial charge in [0, 0.05) is 18.7 Å². The molecule has 2 rings (SSSR count). The normalized spacial score (nSPS) is 11.2. The molecule has 5 nitrogen and oxygen atoms in total. The first-order chi connectivity index (χ1) is 11.8. The molecule has 2 aromatic carbocycles. The van der Waals surface area contributed by atoms with Gasteiger partial charge < -0.3 is 4.90 Å². The molecule has 0 fully saturated rings. The van der Waals surface area contributed by atoms with Crippen LogP contribution in [0.2, 0.25) is 5.02 Å². The molecule has 0 spiro atoms. The Kier molecular flexibility index (Phi) is 6.02. The summed E-state index contributed by atoms with van der Waals surface area (Å²) in [6, 6.07) is 8.80. The van der Waals surface area contributed by atoms with Crippen molar-refractivity contribution in [2.24, 2.45) is 0 Å². The first kappa shape index (κ1) is 19.2. The maximum absolute atomic E-state index is 13.0. The number of anilines is 1. The van der Waals surface area contributed by atoms with Crippen molar-refractivity contribution in [2.75, 3.05) is 17.8 Å². The van der Waals surface area contributed by atoms with Crippen LogP contribution < -0.4 is 4.72 Å². The van der Waals surface area contributed by atoms with Crippen LogP contribution in [0.4, 0.5) is 10.1 Å². The van der Waals surface area contributed by atoms with E-state index >= 15 is 0 Å². The summed E-state index contributed by atoms with van der Waals surface area (Å²) in [4.78, 5) is 13.9. The predicted octanol–water partition coefficient (Wildman–Crippen LogP) is 3.76. The van der Waals surface area contributed by atoms with E-state index in [1.165, 1.54) is 12.1 Å². The highest BCUT2D eigenvalue weighted by atomic mass is 35.5. The molecule has 0 aliphatic carbocycles. The van der Waals surface area contributed by atoms with Crippen molar-refractivity contribution in [1.29, 1.82) is 0 Å². The number of hydrogen-bond donors (Lipinski definition) is 1. The highest BCUT2D eigenvalue weighted by Gasteiger charge is 2.19. The van der Waals surface area contributed by atoms with Crippen LogP contribution in [0.15, 0.2) is 47.4 Å². The maximum atomic E-state index is 13.0. The van der Waals surface area contributed by atoms with Crippen LogP contribution in [0.25, 0.3) is 0 Å². The largest absolute Gasteiger partial charge is 0.339 e. The number of sulfonamides is 1. The predicted molar refractivity (Wildman–Crippen MR) is 95.9 cm³/mol. The summed E-state index contributed by atoms with van der Waals surface area (Å²) in [6.07, 6.45) is 0. The molecule has 1 amide bonds. The number of carbonyl (C=O) groups excluding carboxylic acids is 1. The summed E-state index contributed by atoms with van der Waals surface area (Å²) in [5, 5.41) is 0.154. The molecule has 1 N–H and O–H groups in total. The molecular weight excluding hydrogens is 367 g/mol. The lowest BCUT2D eigenvalue weighted by Gasteiger charge is -2.19. The fourth-order valence-electron chi connectivity index (χ4n) is 2.25. The van der Waals surface area contributed by atoms with Gasteiger partial charge in [-0.05, 0) is 56.3 Å². The number of hydrogen-bond acceptors (Lipinski definition) is 3. The molecule has 0 aromatic heterocycles. The van der Waals surface area contributed by atoms with Gasteiger partial charge in [0.05, 0.1) is 15.6 Å². The van der Waals surface area contributed by atoms with Crippen LogP contribution in [-0.4, -0.2) is 32.3 Å². The molecule has 0 atom stereocenters. The Labute approximate surface area is 151 Å². The Morgan fingerprint density at radius 3 is 2.28 bits per heavy atom. The average molecular weight is 385 g/mol. The Bertz CT molecular complexity index is 866. The highest BCUT2D eigenvalue weighted by Crippen LogP contribution is 2.26. The van der Waals surface area contributed by atoms with Gasteiger partial charge in [-0.15, -0.1) is 0 Å². The van der Waals surface area contributed by atoms with Crippen LogP contribution >= 0.6 is 11.6 Å². The van der Waals surface area contributed by atoms with Gasteiger partial charge >= 0.3 is 0 Å². The first-order valence-electron chi connectivity index (χ1n) is 7.65. The third-order valence-electron chi connectivity index (χ3n) is 3.63. The number of halogens is 2. The second-order valence-electron chi connectivity index (χ2n) is 5.23. The summed E-state index contributed by atoms with van der Waals surface area (Å²) in [7, 11) is -3.95. The van der Waals surface area contributed by atoms with E-state index in [0.29, 0.717) is 18.7 Å². The van der Waals surface area contributed by atoms with Crippen LogP contribution in [-0.2, 0) is 10.0 Å². The number of benzene rings is 2. The Morgan fingerprint density at radius 2 is 1.72 bits per heavy atom. The van der Waals surface area contributed by atoms with Crippen LogP contribution in [0.1, 0.15) is 24.2 Å². The van der Waals surface area contributed by atoms with E-state index in [1.807, 2.05) is 13.8 Å². The maximum Gasteiger partial charge on any atom is 0.261 e. The van der Waals surface area contributed by atoms with Crippen LogP contribution in [0, 0.1) is 5.82 Å². The second-order valence-corrected chi connectivity index (χ2v) is 7.32. The highest BCUT2D eigenvalue weighted by molar-refractivity contribution is 7.92.